The number of nitrogens with zero attached hydrogens (tertiary/aromatic N) is 2. The summed E-state index contributed by atoms with van der Waals surface area (Å²) >= 11 is 1.37. The Labute approximate surface area is 165 Å². The van der Waals surface area contributed by atoms with E-state index in [1.165, 1.54) is 23.7 Å². The predicted octanol–water partition coefficient (Wildman–Crippen LogP) is 4.36. The molecule has 4 nitrogen and oxygen atoms in total. The Hall–Kier alpha value is -2.32. The van der Waals surface area contributed by atoms with Crippen LogP contribution in [0.25, 0.3) is 0 Å². The summed E-state index contributed by atoms with van der Waals surface area (Å²) in [5.41, 5.74) is 5.27. The van der Waals surface area contributed by atoms with Gasteiger partial charge >= 0.3 is 0 Å². The van der Waals surface area contributed by atoms with Gasteiger partial charge in [0.2, 0.25) is 5.91 Å². The molecule has 1 heterocycles. The van der Waals surface area contributed by atoms with E-state index in [0.717, 1.165) is 42.5 Å². The number of hydrogen-bond acceptors (Lipinski definition) is 4. The molecule has 0 aliphatic heterocycles. The molecule has 1 atom stereocenters. The molecule has 3 rings (SSSR count). The van der Waals surface area contributed by atoms with E-state index < -0.39 is 0 Å². The molecule has 27 heavy (non-hydrogen) atoms. The summed E-state index contributed by atoms with van der Waals surface area (Å²) in [5.74, 6) is 0.221. The highest BCUT2D eigenvalue weighted by atomic mass is 32.2. The molecule has 0 radical (unpaired) electrons. The van der Waals surface area contributed by atoms with Gasteiger partial charge in [0, 0.05) is 5.69 Å². The summed E-state index contributed by atoms with van der Waals surface area (Å²) in [6.07, 6.45) is 5.10. The first kappa shape index (κ1) is 19.4. The van der Waals surface area contributed by atoms with Gasteiger partial charge < -0.3 is 5.32 Å². The minimum atomic E-state index is -0.0440. The Morgan fingerprint density at radius 3 is 2.63 bits per heavy atom. The van der Waals surface area contributed by atoms with Crippen molar-refractivity contribution >= 4 is 17.7 Å². The lowest BCUT2D eigenvalue weighted by atomic mass is 9.87. The molecular weight excluding hydrogens is 354 g/mol. The van der Waals surface area contributed by atoms with E-state index in [1.807, 2.05) is 37.3 Å². The molecule has 1 aromatic carbocycles. The van der Waals surface area contributed by atoms with Crippen molar-refractivity contribution in [2.45, 2.75) is 57.0 Å². The van der Waals surface area contributed by atoms with Gasteiger partial charge in [-0.3, -0.25) is 4.79 Å². The molecule has 1 aliphatic rings. The van der Waals surface area contributed by atoms with Gasteiger partial charge in [-0.1, -0.05) is 49.0 Å². The van der Waals surface area contributed by atoms with Gasteiger partial charge in [-0.25, -0.2) is 4.98 Å². The Bertz CT molecular complexity index is 858. The van der Waals surface area contributed by atoms with Crippen molar-refractivity contribution in [2.24, 2.45) is 0 Å². The number of thioether (sulfide) groups is 1. The van der Waals surface area contributed by atoms with Crippen molar-refractivity contribution < 1.29 is 4.79 Å². The molecule has 5 heteroatoms. The van der Waals surface area contributed by atoms with Gasteiger partial charge in [-0.15, -0.1) is 0 Å². The molecule has 0 spiro atoms. The summed E-state index contributed by atoms with van der Waals surface area (Å²) in [6.45, 7) is 4.08. The van der Waals surface area contributed by atoms with Crippen molar-refractivity contribution in [3.8, 4) is 6.07 Å². The van der Waals surface area contributed by atoms with E-state index in [0.29, 0.717) is 10.6 Å². The molecular formula is C22H25N3OS. The average molecular weight is 380 g/mol. The first-order valence-electron chi connectivity index (χ1n) is 9.55. The van der Waals surface area contributed by atoms with Crippen molar-refractivity contribution in [3.63, 3.8) is 0 Å². The molecule has 0 fully saturated rings. The second-order valence-corrected chi connectivity index (χ2v) is 7.82. The number of nitriles is 1. The van der Waals surface area contributed by atoms with Gasteiger partial charge in [0.15, 0.2) is 0 Å². The maximum atomic E-state index is 12.4. The number of benzene rings is 1. The number of carbonyl (C=O) groups excluding carboxylic acids is 1. The number of fused-ring (bicyclic) bond motifs is 1. The van der Waals surface area contributed by atoms with Gasteiger partial charge in [0.25, 0.3) is 0 Å². The van der Waals surface area contributed by atoms with Crippen LogP contribution < -0.4 is 5.32 Å². The zero-order chi connectivity index (χ0) is 19.2. The van der Waals surface area contributed by atoms with Crippen LogP contribution >= 0.6 is 11.8 Å². The van der Waals surface area contributed by atoms with Crippen molar-refractivity contribution in [3.05, 3.63) is 58.3 Å². The highest BCUT2D eigenvalue weighted by Gasteiger charge is 2.22. The van der Waals surface area contributed by atoms with E-state index >= 15 is 0 Å². The standard InChI is InChI=1S/C22H25N3OS/c1-3-20-18-12-8-7-11-17(18)19(13-23)22(25-20)27-14-21(26)24-15(2)16-9-5-4-6-10-16/h4-6,9-10,15H,3,7-8,11-12,14H2,1-2H3,(H,24,26)/t15-/m0/s1. The second-order valence-electron chi connectivity index (χ2n) is 6.86. The summed E-state index contributed by atoms with van der Waals surface area (Å²) in [7, 11) is 0. The number of rotatable bonds is 6. The summed E-state index contributed by atoms with van der Waals surface area (Å²) in [5, 5.41) is 13.4. The fourth-order valence-corrected chi connectivity index (χ4v) is 4.47. The quantitative estimate of drug-likeness (QED) is 0.757. The smallest absolute Gasteiger partial charge is 0.230 e. The van der Waals surface area contributed by atoms with Crippen LogP contribution in [0.2, 0.25) is 0 Å². The first-order valence-corrected chi connectivity index (χ1v) is 10.5. The van der Waals surface area contributed by atoms with Gasteiger partial charge in [-0.05, 0) is 55.7 Å². The monoisotopic (exact) mass is 379 g/mol. The van der Waals surface area contributed by atoms with Gasteiger partial charge in [-0.2, -0.15) is 5.26 Å². The van der Waals surface area contributed by atoms with Gasteiger partial charge in [0.1, 0.15) is 11.1 Å². The third kappa shape index (κ3) is 4.51. The normalized spacial score (nSPS) is 14.1. The molecule has 0 saturated carbocycles. The molecule has 1 aromatic heterocycles. The van der Waals surface area contributed by atoms with Crippen LogP contribution in [-0.2, 0) is 24.1 Å². The van der Waals surface area contributed by atoms with E-state index in [4.69, 9.17) is 4.98 Å². The molecule has 140 valence electrons. The Morgan fingerprint density at radius 2 is 1.96 bits per heavy atom. The molecule has 1 amide bonds. The lowest BCUT2D eigenvalue weighted by Gasteiger charge is -2.21. The number of hydrogen-bond donors (Lipinski definition) is 1. The highest BCUT2D eigenvalue weighted by Crippen LogP contribution is 2.32. The lowest BCUT2D eigenvalue weighted by molar-refractivity contribution is -0.119. The summed E-state index contributed by atoms with van der Waals surface area (Å²) in [6, 6.07) is 12.2. The zero-order valence-electron chi connectivity index (χ0n) is 15.9. The van der Waals surface area contributed by atoms with E-state index in [2.05, 4.69) is 18.3 Å². The largest absolute Gasteiger partial charge is 0.349 e. The highest BCUT2D eigenvalue weighted by molar-refractivity contribution is 8.00. The van der Waals surface area contributed by atoms with Crippen molar-refractivity contribution in [1.82, 2.24) is 10.3 Å². The molecule has 0 saturated heterocycles. The van der Waals surface area contributed by atoms with Gasteiger partial charge in [0.05, 0.1) is 17.4 Å². The maximum absolute atomic E-state index is 12.4. The number of aromatic nitrogens is 1. The minimum Gasteiger partial charge on any atom is -0.349 e. The third-order valence-electron chi connectivity index (χ3n) is 5.03. The first-order chi connectivity index (χ1) is 13.1. The van der Waals surface area contributed by atoms with E-state index in [1.54, 1.807) is 0 Å². The van der Waals surface area contributed by atoms with Crippen molar-refractivity contribution in [1.29, 1.82) is 5.26 Å². The van der Waals surface area contributed by atoms with Crippen LogP contribution in [0.15, 0.2) is 35.4 Å². The van der Waals surface area contributed by atoms with Crippen molar-refractivity contribution in [2.75, 3.05) is 5.75 Å². The maximum Gasteiger partial charge on any atom is 0.230 e. The number of carbonyl (C=O) groups is 1. The zero-order valence-corrected chi connectivity index (χ0v) is 16.7. The fraction of sp³-hybridized carbons (Fsp3) is 0.409. The third-order valence-corrected chi connectivity index (χ3v) is 6.01. The molecule has 0 unspecified atom stereocenters. The summed E-state index contributed by atoms with van der Waals surface area (Å²) in [4.78, 5) is 17.1. The van der Waals surface area contributed by atoms with Crippen LogP contribution in [0.1, 0.15) is 60.7 Å². The number of pyridine rings is 1. The fourth-order valence-electron chi connectivity index (χ4n) is 3.63. The minimum absolute atomic E-state index is 0.0437. The number of nitrogens with one attached hydrogen (secondary N) is 1. The average Bonchev–Trinajstić information content (AvgIpc) is 2.71. The molecule has 0 bridgehead atoms. The summed E-state index contributed by atoms with van der Waals surface area (Å²) < 4.78 is 0. The Balaban J connectivity index is 1.72. The second kappa shape index (κ2) is 9.05. The number of aryl methyl sites for hydroxylation is 1. The topological polar surface area (TPSA) is 65.8 Å². The van der Waals surface area contributed by atoms with Crippen LogP contribution in [0, 0.1) is 11.3 Å². The van der Waals surface area contributed by atoms with Crippen LogP contribution in [0.4, 0.5) is 0 Å². The van der Waals surface area contributed by atoms with Crippen LogP contribution in [-0.4, -0.2) is 16.6 Å². The molecule has 1 aliphatic carbocycles. The lowest BCUT2D eigenvalue weighted by Crippen LogP contribution is -2.28. The SMILES string of the molecule is CCc1nc(SCC(=O)N[C@@H](C)c2ccccc2)c(C#N)c2c1CCCC2. The van der Waals surface area contributed by atoms with E-state index in [-0.39, 0.29) is 17.7 Å². The van der Waals surface area contributed by atoms with Crippen LogP contribution in [0.5, 0.6) is 0 Å². The van der Waals surface area contributed by atoms with E-state index in [9.17, 15) is 10.1 Å². The Morgan fingerprint density at radius 1 is 1.26 bits per heavy atom. The molecule has 1 N–H and O–H groups in total. The molecule has 2 aromatic rings. The Kier molecular flexibility index (Phi) is 6.52. The van der Waals surface area contributed by atoms with Crippen LogP contribution in [0.3, 0.4) is 0 Å². The predicted molar refractivity (Wildman–Crippen MR) is 109 cm³/mol. The number of amides is 1.